The minimum absolute atomic E-state index is 0.0493. The lowest BCUT2D eigenvalue weighted by atomic mass is 9.94. The van der Waals surface area contributed by atoms with Crippen molar-refractivity contribution in [3.05, 3.63) is 53.3 Å². The monoisotopic (exact) mass is 443 g/mol. The molecule has 9 heteroatoms. The number of nitrogens with zero attached hydrogens (tertiary/aromatic N) is 2. The van der Waals surface area contributed by atoms with Crippen molar-refractivity contribution in [3.63, 3.8) is 0 Å². The van der Waals surface area contributed by atoms with Crippen LogP contribution in [0.5, 0.6) is 5.75 Å². The maximum atomic E-state index is 12.9. The quantitative estimate of drug-likeness (QED) is 0.657. The number of carbonyl (C=O) groups excluding carboxylic acids is 2. The molecule has 1 aromatic carbocycles. The van der Waals surface area contributed by atoms with E-state index in [0.717, 1.165) is 5.56 Å². The van der Waals surface area contributed by atoms with Crippen LogP contribution in [0.15, 0.2) is 42.7 Å². The minimum Gasteiger partial charge on any atom is -0.495 e. The van der Waals surface area contributed by atoms with Gasteiger partial charge in [0.05, 0.1) is 12.1 Å². The number of benzene rings is 1. The first kappa shape index (κ1) is 21.5. The van der Waals surface area contributed by atoms with Gasteiger partial charge in [-0.2, -0.15) is 0 Å². The summed E-state index contributed by atoms with van der Waals surface area (Å²) in [5, 5.41) is 3.36. The van der Waals surface area contributed by atoms with Crippen LogP contribution in [0, 0.1) is 5.92 Å². The molecule has 164 valence electrons. The Bertz CT molecular complexity index is 934. The molecular weight excluding hydrogens is 418 g/mol. The van der Waals surface area contributed by atoms with E-state index < -0.39 is 0 Å². The molecule has 2 aromatic rings. The summed E-state index contributed by atoms with van der Waals surface area (Å²) in [6, 6.07) is 8.87. The Labute approximate surface area is 186 Å². The number of pyridine rings is 1. The minimum atomic E-state index is -0.273. The van der Waals surface area contributed by atoms with Gasteiger partial charge >= 0.3 is 0 Å². The molecule has 0 bridgehead atoms. The zero-order valence-corrected chi connectivity index (χ0v) is 18.1. The molecule has 2 saturated heterocycles. The van der Waals surface area contributed by atoms with Crippen molar-refractivity contribution < 1.29 is 14.3 Å². The smallest absolute Gasteiger partial charge is 0.241 e. The number of methoxy groups -OCH3 is 1. The highest BCUT2D eigenvalue weighted by molar-refractivity contribution is 6.32. The molecule has 0 aliphatic carbocycles. The summed E-state index contributed by atoms with van der Waals surface area (Å²) < 4.78 is 5.13. The van der Waals surface area contributed by atoms with Crippen molar-refractivity contribution in [1.29, 1.82) is 0 Å². The van der Waals surface area contributed by atoms with Crippen LogP contribution >= 0.6 is 11.6 Å². The summed E-state index contributed by atoms with van der Waals surface area (Å²) in [4.78, 5) is 31.5. The number of hydrogen-bond donors (Lipinski definition) is 3. The van der Waals surface area contributed by atoms with E-state index in [-0.39, 0.29) is 29.8 Å². The number of rotatable bonds is 5. The van der Waals surface area contributed by atoms with E-state index in [0.29, 0.717) is 48.8 Å². The van der Waals surface area contributed by atoms with Gasteiger partial charge in [-0.1, -0.05) is 11.6 Å². The Morgan fingerprint density at radius 3 is 2.58 bits per heavy atom. The van der Waals surface area contributed by atoms with Gasteiger partial charge in [-0.15, -0.1) is 0 Å². The first-order valence-electron chi connectivity index (χ1n) is 10.4. The van der Waals surface area contributed by atoms with E-state index in [9.17, 15) is 9.59 Å². The Morgan fingerprint density at radius 1 is 1.16 bits per heavy atom. The van der Waals surface area contributed by atoms with Crippen molar-refractivity contribution in [2.75, 3.05) is 25.5 Å². The van der Waals surface area contributed by atoms with Gasteiger partial charge in [0.15, 0.2) is 0 Å². The molecule has 2 aliphatic heterocycles. The Kier molecular flexibility index (Phi) is 6.70. The first-order valence-corrected chi connectivity index (χ1v) is 10.8. The first-order chi connectivity index (χ1) is 15.0. The predicted octanol–water partition coefficient (Wildman–Crippen LogP) is 2.53. The third kappa shape index (κ3) is 4.98. The van der Waals surface area contributed by atoms with Crippen molar-refractivity contribution in [3.8, 4) is 5.75 Å². The van der Waals surface area contributed by atoms with Crippen LogP contribution in [-0.4, -0.2) is 47.9 Å². The lowest BCUT2D eigenvalue weighted by molar-refractivity contribution is -0.136. The van der Waals surface area contributed by atoms with Crippen LogP contribution in [0.3, 0.4) is 0 Å². The van der Waals surface area contributed by atoms with E-state index in [2.05, 4.69) is 21.2 Å². The number of aromatic nitrogens is 1. The van der Waals surface area contributed by atoms with E-state index >= 15 is 0 Å². The molecule has 0 radical (unpaired) electrons. The highest BCUT2D eigenvalue weighted by atomic mass is 35.5. The fourth-order valence-electron chi connectivity index (χ4n) is 4.10. The Balaban J connectivity index is 1.27. The number of nitrogens with one attached hydrogen (secondary N) is 3. The third-order valence-corrected chi connectivity index (χ3v) is 6.20. The third-order valence-electron chi connectivity index (χ3n) is 5.91. The van der Waals surface area contributed by atoms with Gasteiger partial charge in [-0.25, -0.2) is 10.9 Å². The van der Waals surface area contributed by atoms with Crippen molar-refractivity contribution in [2.45, 2.75) is 31.3 Å². The van der Waals surface area contributed by atoms with Crippen molar-refractivity contribution in [2.24, 2.45) is 5.92 Å². The molecule has 0 saturated carbocycles. The second-order valence-corrected chi connectivity index (χ2v) is 8.26. The van der Waals surface area contributed by atoms with Gasteiger partial charge in [0, 0.05) is 43.1 Å². The fourth-order valence-corrected chi connectivity index (χ4v) is 4.36. The maximum absolute atomic E-state index is 12.9. The van der Waals surface area contributed by atoms with E-state index in [1.165, 1.54) is 0 Å². The molecule has 8 nitrogen and oxygen atoms in total. The molecule has 2 atom stereocenters. The molecule has 2 unspecified atom stereocenters. The standard InChI is InChI=1S/C22H26ClN5O3/c1-31-20-3-2-16(12-17(20)23)25-21(29)15-6-10-28(11-7-15)22(30)19-13-18(26-27-19)14-4-8-24-9-5-14/h2-5,8-9,12,15,18-19,26-27H,6-7,10-11,13H2,1H3,(H,25,29). The van der Waals surface area contributed by atoms with Gasteiger partial charge in [-0.3, -0.25) is 14.6 Å². The number of hydrogen-bond acceptors (Lipinski definition) is 6. The number of carbonyl (C=O) groups is 2. The molecule has 2 fully saturated rings. The molecule has 3 N–H and O–H groups in total. The van der Waals surface area contributed by atoms with Gasteiger partial charge in [0.1, 0.15) is 11.8 Å². The predicted molar refractivity (Wildman–Crippen MR) is 118 cm³/mol. The van der Waals surface area contributed by atoms with Crippen LogP contribution in [0.4, 0.5) is 5.69 Å². The van der Waals surface area contributed by atoms with E-state index in [1.54, 1.807) is 37.7 Å². The fraction of sp³-hybridized carbons (Fsp3) is 0.409. The van der Waals surface area contributed by atoms with Crippen LogP contribution in [0.1, 0.15) is 30.9 Å². The second kappa shape index (κ2) is 9.64. The molecule has 0 spiro atoms. The number of piperidine rings is 1. The molecule has 1 aromatic heterocycles. The number of likely N-dealkylation sites (tertiary alicyclic amines) is 1. The summed E-state index contributed by atoms with van der Waals surface area (Å²) >= 11 is 6.13. The topological polar surface area (TPSA) is 95.6 Å². The average molecular weight is 444 g/mol. The van der Waals surface area contributed by atoms with Crippen LogP contribution in [0.25, 0.3) is 0 Å². The number of hydrazine groups is 1. The second-order valence-electron chi connectivity index (χ2n) is 7.85. The summed E-state index contributed by atoms with van der Waals surface area (Å²) in [7, 11) is 1.55. The molecule has 3 heterocycles. The van der Waals surface area contributed by atoms with Gasteiger partial charge in [0.25, 0.3) is 0 Å². The number of anilines is 1. The summed E-state index contributed by atoms with van der Waals surface area (Å²) in [6.45, 7) is 1.14. The largest absolute Gasteiger partial charge is 0.495 e. The van der Waals surface area contributed by atoms with Crippen LogP contribution in [0.2, 0.25) is 5.02 Å². The summed E-state index contributed by atoms with van der Waals surface area (Å²) in [5.41, 5.74) is 8.06. The van der Waals surface area contributed by atoms with Gasteiger partial charge in [0.2, 0.25) is 11.8 Å². The summed E-state index contributed by atoms with van der Waals surface area (Å²) in [6.07, 6.45) is 5.45. The summed E-state index contributed by atoms with van der Waals surface area (Å²) in [5.74, 6) is 0.452. The van der Waals surface area contributed by atoms with Crippen LogP contribution in [-0.2, 0) is 9.59 Å². The molecule has 2 aliphatic rings. The number of halogens is 1. The van der Waals surface area contributed by atoms with Crippen LogP contribution < -0.4 is 20.9 Å². The lowest BCUT2D eigenvalue weighted by Crippen LogP contribution is -2.49. The normalized spacial score (nSPS) is 21.7. The van der Waals surface area contributed by atoms with Crippen molar-refractivity contribution >= 4 is 29.1 Å². The maximum Gasteiger partial charge on any atom is 0.241 e. The molecule has 2 amide bonds. The average Bonchev–Trinajstić information content (AvgIpc) is 3.30. The Morgan fingerprint density at radius 2 is 1.90 bits per heavy atom. The highest BCUT2D eigenvalue weighted by Crippen LogP contribution is 2.29. The van der Waals surface area contributed by atoms with Gasteiger partial charge < -0.3 is 15.0 Å². The highest BCUT2D eigenvalue weighted by Gasteiger charge is 2.35. The van der Waals surface area contributed by atoms with E-state index in [4.69, 9.17) is 16.3 Å². The number of amides is 2. The number of ether oxygens (including phenoxy) is 1. The van der Waals surface area contributed by atoms with Crippen molar-refractivity contribution in [1.82, 2.24) is 20.7 Å². The van der Waals surface area contributed by atoms with E-state index in [1.807, 2.05) is 17.0 Å². The SMILES string of the molecule is COc1ccc(NC(=O)C2CCN(C(=O)C3CC(c4ccncc4)NN3)CC2)cc1Cl. The molecular formula is C22H26ClN5O3. The zero-order valence-electron chi connectivity index (χ0n) is 17.3. The molecule has 4 rings (SSSR count). The molecule has 31 heavy (non-hydrogen) atoms. The van der Waals surface area contributed by atoms with Gasteiger partial charge in [-0.05, 0) is 55.2 Å². The lowest BCUT2D eigenvalue weighted by Gasteiger charge is -2.32. The zero-order chi connectivity index (χ0) is 21.8. The Hall–Kier alpha value is -2.68.